The second-order valence-corrected chi connectivity index (χ2v) is 14.2. The highest BCUT2D eigenvalue weighted by molar-refractivity contribution is 9.10. The standard InChI is InChI=1S/C37H33BrN4O3S2/c1-23(2)26-11-9-25(10-12-26)21-32(40-35(44)28-7-5-4-6-8-28)36(45)39-30-17-19-31(20-18-30)47-24(3)34(43)42-37-41-33(22-46-37)27-13-15-29(38)16-14-27/h4-24H,1-3H3,(H,39,45)(H,40,44)(H,41,42,43)/b32-21-. The number of amides is 3. The molecule has 0 saturated heterocycles. The number of carbonyl (C=O) groups is 3. The van der Waals surface area contributed by atoms with Crippen LogP contribution in [0.25, 0.3) is 17.3 Å². The van der Waals surface area contributed by atoms with Crippen LogP contribution in [0, 0.1) is 0 Å². The average Bonchev–Trinajstić information content (AvgIpc) is 3.54. The summed E-state index contributed by atoms with van der Waals surface area (Å²) in [5.74, 6) is -0.621. The maximum atomic E-state index is 13.4. The smallest absolute Gasteiger partial charge is 0.272 e. The summed E-state index contributed by atoms with van der Waals surface area (Å²) in [4.78, 5) is 44.7. The molecule has 0 saturated carbocycles. The van der Waals surface area contributed by atoms with E-state index in [4.69, 9.17) is 0 Å². The van der Waals surface area contributed by atoms with Gasteiger partial charge in [-0.2, -0.15) is 0 Å². The molecule has 0 aliphatic heterocycles. The predicted molar refractivity (Wildman–Crippen MR) is 197 cm³/mol. The van der Waals surface area contributed by atoms with Gasteiger partial charge in [-0.15, -0.1) is 23.1 Å². The molecule has 5 rings (SSSR count). The molecule has 0 fully saturated rings. The molecule has 4 aromatic carbocycles. The summed E-state index contributed by atoms with van der Waals surface area (Å²) in [6.07, 6.45) is 1.66. The predicted octanol–water partition coefficient (Wildman–Crippen LogP) is 9.22. The van der Waals surface area contributed by atoms with E-state index in [0.717, 1.165) is 26.2 Å². The van der Waals surface area contributed by atoms with Crippen LogP contribution < -0.4 is 16.0 Å². The van der Waals surface area contributed by atoms with Gasteiger partial charge in [0.25, 0.3) is 11.8 Å². The molecule has 3 N–H and O–H groups in total. The molecule has 238 valence electrons. The summed E-state index contributed by atoms with van der Waals surface area (Å²) in [5, 5.41) is 10.6. The lowest BCUT2D eigenvalue weighted by Crippen LogP contribution is -2.30. The van der Waals surface area contributed by atoms with E-state index in [2.05, 4.69) is 50.7 Å². The van der Waals surface area contributed by atoms with Crippen LogP contribution in [0.15, 0.2) is 124 Å². The Labute approximate surface area is 291 Å². The number of nitrogens with zero attached hydrogens (tertiary/aromatic N) is 1. The molecule has 0 bridgehead atoms. The molecule has 47 heavy (non-hydrogen) atoms. The van der Waals surface area contributed by atoms with E-state index in [-0.39, 0.29) is 22.8 Å². The van der Waals surface area contributed by atoms with Crippen molar-refractivity contribution in [1.82, 2.24) is 10.3 Å². The highest BCUT2D eigenvalue weighted by Crippen LogP contribution is 2.29. The Morgan fingerprint density at radius 2 is 1.51 bits per heavy atom. The van der Waals surface area contributed by atoms with Gasteiger partial charge in [-0.3, -0.25) is 14.4 Å². The third kappa shape index (κ3) is 9.51. The molecular formula is C37H33BrN4O3S2. The van der Waals surface area contributed by atoms with Gasteiger partial charge in [0.05, 0.1) is 10.9 Å². The maximum absolute atomic E-state index is 13.4. The minimum absolute atomic E-state index is 0.116. The van der Waals surface area contributed by atoms with Crippen molar-refractivity contribution in [2.75, 3.05) is 10.6 Å². The zero-order valence-corrected chi connectivity index (χ0v) is 29.2. The van der Waals surface area contributed by atoms with E-state index >= 15 is 0 Å². The first kappa shape index (κ1) is 33.8. The molecule has 0 radical (unpaired) electrons. The van der Waals surface area contributed by atoms with Crippen LogP contribution >= 0.6 is 39.0 Å². The zero-order chi connectivity index (χ0) is 33.3. The Bertz CT molecular complexity index is 1870. The van der Waals surface area contributed by atoms with E-state index in [0.29, 0.717) is 22.3 Å². The maximum Gasteiger partial charge on any atom is 0.272 e. The summed E-state index contributed by atoms with van der Waals surface area (Å²) >= 11 is 6.22. The van der Waals surface area contributed by atoms with Crippen molar-refractivity contribution in [1.29, 1.82) is 0 Å². The van der Waals surface area contributed by atoms with Crippen LogP contribution in [0.3, 0.4) is 0 Å². The number of aromatic nitrogens is 1. The van der Waals surface area contributed by atoms with E-state index in [1.807, 2.05) is 79.0 Å². The summed E-state index contributed by atoms with van der Waals surface area (Å²) in [7, 11) is 0. The Balaban J connectivity index is 1.22. The number of hydrogen-bond donors (Lipinski definition) is 3. The molecule has 1 atom stereocenters. The molecule has 7 nitrogen and oxygen atoms in total. The van der Waals surface area contributed by atoms with Crippen molar-refractivity contribution in [3.05, 3.63) is 135 Å². The number of rotatable bonds is 11. The molecule has 1 unspecified atom stereocenters. The van der Waals surface area contributed by atoms with Crippen molar-refractivity contribution in [3.8, 4) is 11.3 Å². The fraction of sp³-hybridized carbons (Fsp3) is 0.135. The van der Waals surface area contributed by atoms with Gasteiger partial charge in [-0.1, -0.05) is 84.4 Å². The van der Waals surface area contributed by atoms with Gasteiger partial charge >= 0.3 is 0 Å². The third-order valence-electron chi connectivity index (χ3n) is 7.11. The summed E-state index contributed by atoms with van der Waals surface area (Å²) in [6.45, 7) is 6.07. The van der Waals surface area contributed by atoms with Gasteiger partial charge in [0.15, 0.2) is 5.13 Å². The number of nitrogens with one attached hydrogen (secondary N) is 3. The van der Waals surface area contributed by atoms with Crippen molar-refractivity contribution in [2.45, 2.75) is 36.8 Å². The highest BCUT2D eigenvalue weighted by atomic mass is 79.9. The van der Waals surface area contributed by atoms with Crippen LogP contribution in [-0.4, -0.2) is 28.0 Å². The molecule has 5 aromatic rings. The minimum atomic E-state index is -0.457. The van der Waals surface area contributed by atoms with Gasteiger partial charge in [-0.25, -0.2) is 4.98 Å². The van der Waals surface area contributed by atoms with E-state index in [9.17, 15) is 14.4 Å². The first-order chi connectivity index (χ1) is 22.6. The van der Waals surface area contributed by atoms with Crippen molar-refractivity contribution < 1.29 is 14.4 Å². The van der Waals surface area contributed by atoms with Crippen LogP contribution in [0.1, 0.15) is 48.2 Å². The largest absolute Gasteiger partial charge is 0.321 e. The second-order valence-electron chi connectivity index (χ2n) is 11.0. The molecule has 0 aliphatic rings. The van der Waals surface area contributed by atoms with Crippen LogP contribution in [0.4, 0.5) is 10.8 Å². The fourth-order valence-electron chi connectivity index (χ4n) is 4.45. The van der Waals surface area contributed by atoms with Gasteiger partial charge in [0.1, 0.15) is 5.70 Å². The summed E-state index contributed by atoms with van der Waals surface area (Å²) < 4.78 is 0.989. The summed E-state index contributed by atoms with van der Waals surface area (Å²) in [6, 6.07) is 31.7. The lowest BCUT2D eigenvalue weighted by Gasteiger charge is -2.13. The van der Waals surface area contributed by atoms with Gasteiger partial charge in [0, 0.05) is 31.6 Å². The number of thioether (sulfide) groups is 1. The quantitative estimate of drug-likeness (QED) is 0.0932. The topological polar surface area (TPSA) is 100 Å². The van der Waals surface area contributed by atoms with Gasteiger partial charge in [0.2, 0.25) is 5.91 Å². The van der Waals surface area contributed by atoms with E-state index in [1.54, 1.807) is 42.5 Å². The van der Waals surface area contributed by atoms with E-state index < -0.39 is 5.91 Å². The molecule has 3 amide bonds. The highest BCUT2D eigenvalue weighted by Gasteiger charge is 2.18. The zero-order valence-electron chi connectivity index (χ0n) is 26.0. The SMILES string of the molecule is CC(Sc1ccc(NC(=O)/C(=C/c2ccc(C(C)C)cc2)NC(=O)c2ccccc2)cc1)C(=O)Nc1nc(-c2ccc(Br)cc2)cs1. The van der Waals surface area contributed by atoms with Crippen molar-refractivity contribution >= 4 is 73.6 Å². The number of halogens is 1. The molecule has 10 heteroatoms. The first-order valence-corrected chi connectivity index (χ1v) is 17.5. The van der Waals surface area contributed by atoms with Crippen LogP contribution in [0.2, 0.25) is 0 Å². The van der Waals surface area contributed by atoms with E-state index in [1.165, 1.54) is 28.7 Å². The Kier molecular flexibility index (Phi) is 11.4. The lowest BCUT2D eigenvalue weighted by molar-refractivity contribution is -0.115. The van der Waals surface area contributed by atoms with Gasteiger partial charge in [-0.05, 0) is 78.6 Å². The number of anilines is 2. The molecular weight excluding hydrogens is 692 g/mol. The molecule has 0 spiro atoms. The van der Waals surface area contributed by atoms with Crippen molar-refractivity contribution in [2.24, 2.45) is 0 Å². The second kappa shape index (κ2) is 15.9. The Morgan fingerprint density at radius 1 is 0.830 bits per heavy atom. The van der Waals surface area contributed by atoms with Crippen LogP contribution in [-0.2, 0) is 9.59 Å². The third-order valence-corrected chi connectivity index (χ3v) is 9.51. The Morgan fingerprint density at radius 3 is 2.17 bits per heavy atom. The van der Waals surface area contributed by atoms with Crippen LogP contribution in [0.5, 0.6) is 0 Å². The average molecular weight is 726 g/mol. The molecule has 0 aliphatic carbocycles. The number of benzene rings is 4. The normalized spacial score (nSPS) is 12.0. The lowest BCUT2D eigenvalue weighted by atomic mass is 10.0. The summed E-state index contributed by atoms with van der Waals surface area (Å²) in [5.41, 5.74) is 4.86. The number of thiazole rings is 1. The Hall–Kier alpha value is -4.51. The van der Waals surface area contributed by atoms with Gasteiger partial charge < -0.3 is 16.0 Å². The monoisotopic (exact) mass is 724 g/mol. The fourth-order valence-corrected chi connectivity index (χ4v) is 6.30. The molecule has 1 heterocycles. The van der Waals surface area contributed by atoms with Crippen molar-refractivity contribution in [3.63, 3.8) is 0 Å². The minimum Gasteiger partial charge on any atom is -0.321 e. The number of carbonyl (C=O) groups excluding carboxylic acids is 3. The number of hydrogen-bond acceptors (Lipinski definition) is 6. The first-order valence-electron chi connectivity index (χ1n) is 14.9. The molecule has 1 aromatic heterocycles.